The van der Waals surface area contributed by atoms with Crippen molar-refractivity contribution in [1.82, 2.24) is 4.98 Å². The number of nitrogens with zero attached hydrogens (tertiary/aromatic N) is 1. The highest BCUT2D eigenvalue weighted by atomic mass is 16.3. The van der Waals surface area contributed by atoms with Crippen molar-refractivity contribution in [3.05, 3.63) is 29.7 Å². The van der Waals surface area contributed by atoms with Gasteiger partial charge in [0, 0.05) is 0 Å². The van der Waals surface area contributed by atoms with E-state index in [0.29, 0.717) is 11.8 Å². The van der Waals surface area contributed by atoms with E-state index in [0.717, 1.165) is 11.1 Å². The average Bonchev–Trinajstić information content (AvgIpc) is 2.56. The molecule has 1 aromatic carbocycles. The van der Waals surface area contributed by atoms with Crippen LogP contribution < -0.4 is 0 Å². The summed E-state index contributed by atoms with van der Waals surface area (Å²) in [4.78, 5) is 15.3. The van der Waals surface area contributed by atoms with E-state index >= 15 is 0 Å². The molecule has 1 heterocycles. The maximum atomic E-state index is 11.0. The van der Waals surface area contributed by atoms with Crippen molar-refractivity contribution >= 4 is 16.9 Å². The predicted octanol–water partition coefficient (Wildman–Crippen LogP) is 3.08. The van der Waals surface area contributed by atoms with Crippen molar-refractivity contribution in [2.75, 3.05) is 0 Å². The van der Waals surface area contributed by atoms with Gasteiger partial charge < -0.3 is 4.42 Å². The highest BCUT2D eigenvalue weighted by Crippen LogP contribution is 2.22. The van der Waals surface area contributed by atoms with Crippen LogP contribution in [0.5, 0.6) is 0 Å². The van der Waals surface area contributed by atoms with E-state index in [4.69, 9.17) is 4.42 Å². The van der Waals surface area contributed by atoms with Gasteiger partial charge in [0.25, 0.3) is 0 Å². The standard InChI is InChI=1S/C13H15NO2/c1-8(2)10-4-5-12-11(7-10)14-13(16-12)6-9(3)15/h4-5,7-8H,6H2,1-3H3. The second kappa shape index (κ2) is 4.08. The molecule has 3 nitrogen and oxygen atoms in total. The molecule has 0 aliphatic carbocycles. The number of oxazole rings is 1. The lowest BCUT2D eigenvalue weighted by Crippen LogP contribution is -1.95. The first kappa shape index (κ1) is 10.9. The molecule has 0 bridgehead atoms. The largest absolute Gasteiger partial charge is 0.440 e. The first-order valence-corrected chi connectivity index (χ1v) is 5.45. The zero-order valence-electron chi connectivity index (χ0n) is 9.78. The number of hydrogen-bond donors (Lipinski definition) is 0. The molecule has 1 aromatic heterocycles. The molecule has 0 atom stereocenters. The van der Waals surface area contributed by atoms with Gasteiger partial charge in [0.1, 0.15) is 11.3 Å². The van der Waals surface area contributed by atoms with Crippen LogP contribution in [0, 0.1) is 0 Å². The Kier molecular flexibility index (Phi) is 2.77. The lowest BCUT2D eigenvalue weighted by molar-refractivity contribution is -0.116. The first-order valence-electron chi connectivity index (χ1n) is 5.45. The molecule has 16 heavy (non-hydrogen) atoms. The summed E-state index contributed by atoms with van der Waals surface area (Å²) in [6.07, 6.45) is 0.270. The molecule has 0 fully saturated rings. The van der Waals surface area contributed by atoms with Crippen LogP contribution in [0.15, 0.2) is 22.6 Å². The van der Waals surface area contributed by atoms with Crippen LogP contribution in [0.3, 0.4) is 0 Å². The highest BCUT2D eigenvalue weighted by Gasteiger charge is 2.09. The molecule has 2 aromatic rings. The summed E-state index contributed by atoms with van der Waals surface area (Å²) in [5.74, 6) is 1.04. The summed E-state index contributed by atoms with van der Waals surface area (Å²) < 4.78 is 5.48. The van der Waals surface area contributed by atoms with Gasteiger partial charge in [-0.25, -0.2) is 4.98 Å². The summed E-state index contributed by atoms with van der Waals surface area (Å²) in [6.45, 7) is 5.81. The molecular weight excluding hydrogens is 202 g/mol. The Hall–Kier alpha value is -1.64. The van der Waals surface area contributed by atoms with Crippen LogP contribution in [-0.2, 0) is 11.2 Å². The van der Waals surface area contributed by atoms with Gasteiger partial charge in [-0.15, -0.1) is 0 Å². The molecule has 3 heteroatoms. The Morgan fingerprint density at radius 2 is 2.19 bits per heavy atom. The summed E-state index contributed by atoms with van der Waals surface area (Å²) >= 11 is 0. The minimum absolute atomic E-state index is 0.0654. The molecule has 0 unspecified atom stereocenters. The van der Waals surface area contributed by atoms with E-state index in [1.807, 2.05) is 18.2 Å². The van der Waals surface area contributed by atoms with Crippen molar-refractivity contribution < 1.29 is 9.21 Å². The maximum absolute atomic E-state index is 11.0. The lowest BCUT2D eigenvalue weighted by Gasteiger charge is -2.02. The highest BCUT2D eigenvalue weighted by molar-refractivity contribution is 5.79. The molecule has 0 radical (unpaired) electrons. The van der Waals surface area contributed by atoms with Gasteiger partial charge in [-0.2, -0.15) is 0 Å². The van der Waals surface area contributed by atoms with Crippen LogP contribution in [-0.4, -0.2) is 10.8 Å². The zero-order valence-corrected chi connectivity index (χ0v) is 9.78. The minimum Gasteiger partial charge on any atom is -0.440 e. The van der Waals surface area contributed by atoms with E-state index in [-0.39, 0.29) is 12.2 Å². The molecule has 0 aliphatic heterocycles. The number of carbonyl (C=O) groups is 1. The van der Waals surface area contributed by atoms with Crippen molar-refractivity contribution in [2.45, 2.75) is 33.1 Å². The van der Waals surface area contributed by atoms with Crippen LogP contribution in [0.25, 0.3) is 11.1 Å². The molecular formula is C13H15NO2. The number of carbonyl (C=O) groups excluding carboxylic acids is 1. The van der Waals surface area contributed by atoms with E-state index in [2.05, 4.69) is 18.8 Å². The van der Waals surface area contributed by atoms with Crippen molar-refractivity contribution in [3.63, 3.8) is 0 Å². The molecule has 0 amide bonds. The van der Waals surface area contributed by atoms with Gasteiger partial charge in [-0.1, -0.05) is 19.9 Å². The fourth-order valence-electron chi connectivity index (χ4n) is 1.64. The molecule has 84 valence electrons. The fraction of sp³-hybridized carbons (Fsp3) is 0.385. The molecule has 0 spiro atoms. The fourth-order valence-corrected chi connectivity index (χ4v) is 1.64. The third-order valence-electron chi connectivity index (χ3n) is 2.52. The summed E-state index contributed by atoms with van der Waals surface area (Å²) in [7, 11) is 0. The summed E-state index contributed by atoms with van der Waals surface area (Å²) in [5.41, 5.74) is 2.82. The quantitative estimate of drug-likeness (QED) is 0.793. The van der Waals surface area contributed by atoms with E-state index in [1.54, 1.807) is 0 Å². The van der Waals surface area contributed by atoms with Gasteiger partial charge in [0.05, 0.1) is 6.42 Å². The average molecular weight is 217 g/mol. The van der Waals surface area contributed by atoms with Crippen molar-refractivity contribution in [2.24, 2.45) is 0 Å². The number of Topliss-reactive ketones (excluding diaryl/α,β-unsaturated/α-hetero) is 1. The summed E-state index contributed by atoms with van der Waals surface area (Å²) in [5, 5.41) is 0. The van der Waals surface area contributed by atoms with E-state index in [1.165, 1.54) is 12.5 Å². The second-order valence-electron chi connectivity index (χ2n) is 4.37. The Bertz CT molecular complexity index is 526. The number of fused-ring (bicyclic) bond motifs is 1. The van der Waals surface area contributed by atoms with Gasteiger partial charge in [0.2, 0.25) is 5.89 Å². The first-order chi connectivity index (χ1) is 7.56. The van der Waals surface area contributed by atoms with Crippen LogP contribution in [0.4, 0.5) is 0 Å². The number of benzene rings is 1. The Morgan fingerprint density at radius 3 is 2.81 bits per heavy atom. The van der Waals surface area contributed by atoms with Crippen LogP contribution in [0.2, 0.25) is 0 Å². The SMILES string of the molecule is CC(=O)Cc1nc2cc(C(C)C)ccc2o1. The van der Waals surface area contributed by atoms with Crippen LogP contribution in [0.1, 0.15) is 38.1 Å². The minimum atomic E-state index is 0.0654. The normalized spacial score (nSPS) is 11.2. The lowest BCUT2D eigenvalue weighted by atomic mass is 10.0. The number of ketones is 1. The molecule has 0 N–H and O–H groups in total. The number of aromatic nitrogens is 1. The molecule has 0 aliphatic rings. The third-order valence-corrected chi connectivity index (χ3v) is 2.52. The van der Waals surface area contributed by atoms with Gasteiger partial charge >= 0.3 is 0 Å². The Morgan fingerprint density at radius 1 is 1.44 bits per heavy atom. The van der Waals surface area contributed by atoms with Crippen molar-refractivity contribution in [1.29, 1.82) is 0 Å². The molecule has 0 saturated carbocycles. The predicted molar refractivity (Wildman–Crippen MR) is 62.5 cm³/mol. The van der Waals surface area contributed by atoms with E-state index in [9.17, 15) is 4.79 Å². The topological polar surface area (TPSA) is 43.1 Å². The smallest absolute Gasteiger partial charge is 0.202 e. The third kappa shape index (κ3) is 2.13. The molecule has 0 saturated heterocycles. The van der Waals surface area contributed by atoms with Gasteiger partial charge in [-0.05, 0) is 30.5 Å². The monoisotopic (exact) mass is 217 g/mol. The number of rotatable bonds is 3. The number of hydrogen-bond acceptors (Lipinski definition) is 3. The van der Waals surface area contributed by atoms with E-state index < -0.39 is 0 Å². The maximum Gasteiger partial charge on any atom is 0.202 e. The van der Waals surface area contributed by atoms with Crippen LogP contribution >= 0.6 is 0 Å². The van der Waals surface area contributed by atoms with Gasteiger partial charge in [-0.3, -0.25) is 4.79 Å². The Balaban J connectivity index is 2.41. The van der Waals surface area contributed by atoms with Gasteiger partial charge in [0.15, 0.2) is 5.58 Å². The molecule has 2 rings (SSSR count). The second-order valence-corrected chi connectivity index (χ2v) is 4.37. The zero-order chi connectivity index (χ0) is 11.7. The Labute approximate surface area is 94.5 Å². The summed E-state index contributed by atoms with van der Waals surface area (Å²) in [6, 6.07) is 5.98. The van der Waals surface area contributed by atoms with Crippen molar-refractivity contribution in [3.8, 4) is 0 Å².